The van der Waals surface area contributed by atoms with Crippen LogP contribution in [0.15, 0.2) is 0 Å². The fourth-order valence-electron chi connectivity index (χ4n) is 1.13. The molecule has 0 saturated carbocycles. The third-order valence-corrected chi connectivity index (χ3v) is 10.9. The van der Waals surface area contributed by atoms with Crippen LogP contribution < -0.4 is 0 Å². The van der Waals surface area contributed by atoms with E-state index in [0.717, 1.165) is 0 Å². The number of hydrogen-bond donors (Lipinski definition) is 1. The summed E-state index contributed by atoms with van der Waals surface area (Å²) in [5.41, 5.74) is 0.552. The van der Waals surface area contributed by atoms with E-state index in [0.29, 0.717) is 5.67 Å². The Labute approximate surface area is 87.4 Å². The summed E-state index contributed by atoms with van der Waals surface area (Å²) in [6, 6.07) is 0. The van der Waals surface area contributed by atoms with Crippen LogP contribution in [0.4, 0.5) is 0 Å². The van der Waals surface area contributed by atoms with Crippen molar-refractivity contribution >= 4 is 17.1 Å². The molecule has 0 rings (SSSR count). The Kier molecular flexibility index (Phi) is 6.06. The van der Waals surface area contributed by atoms with Gasteiger partial charge in [-0.25, -0.2) is 0 Å². The highest BCUT2D eigenvalue weighted by Crippen LogP contribution is 2.21. The lowest BCUT2D eigenvalue weighted by Gasteiger charge is -2.32. The summed E-state index contributed by atoms with van der Waals surface area (Å²) in [6.07, 6.45) is -0.0880. The molecule has 0 aromatic carbocycles. The zero-order valence-corrected chi connectivity index (χ0v) is 11.5. The molecule has 5 nitrogen and oxygen atoms in total. The van der Waals surface area contributed by atoms with Crippen molar-refractivity contribution in [2.75, 3.05) is 34.7 Å². The maximum atomic E-state index is 9.25. The van der Waals surface area contributed by atoms with Crippen LogP contribution >= 0.6 is 0 Å². The first kappa shape index (κ1) is 14.2. The fourth-order valence-corrected chi connectivity index (χ4v) is 8.39. The van der Waals surface area contributed by atoms with E-state index < -0.39 is 17.1 Å². The minimum absolute atomic E-state index is 0.0880. The first-order chi connectivity index (χ1) is 6.51. The van der Waals surface area contributed by atoms with E-state index in [1.165, 1.54) is 0 Å². The highest BCUT2D eigenvalue weighted by Gasteiger charge is 2.46. The van der Waals surface area contributed by atoms with Crippen molar-refractivity contribution < 1.29 is 22.8 Å². The normalized spacial score (nSPS) is 13.3. The molecule has 0 saturated heterocycles. The lowest BCUT2D eigenvalue weighted by atomic mass is 11.7. The molecule has 0 aliphatic rings. The molecule has 1 N–H and O–H groups in total. The smallest absolute Gasteiger partial charge is 0.365 e. The predicted octanol–water partition coefficient (Wildman–Crippen LogP) is 0.157. The third kappa shape index (κ3) is 3.42. The molecule has 0 amide bonds. The second-order valence-corrected chi connectivity index (χ2v) is 10.6. The van der Waals surface area contributed by atoms with Gasteiger partial charge in [-0.15, -0.1) is 0 Å². The molecule has 0 bridgehead atoms. The minimum Gasteiger partial charge on any atom is -0.398 e. The molecular formula is C7H20O5Si2. The van der Waals surface area contributed by atoms with E-state index in [1.807, 2.05) is 6.55 Å². The lowest BCUT2D eigenvalue weighted by Crippen LogP contribution is -2.54. The van der Waals surface area contributed by atoms with Crippen molar-refractivity contribution in [2.24, 2.45) is 0 Å². The first-order valence-electron chi connectivity index (χ1n) is 4.33. The van der Waals surface area contributed by atoms with Gasteiger partial charge in [0.1, 0.15) is 0 Å². The predicted molar refractivity (Wildman–Crippen MR) is 57.3 cm³/mol. The molecule has 7 heteroatoms. The molecule has 0 unspecified atom stereocenters. The molecule has 86 valence electrons. The van der Waals surface area contributed by atoms with Gasteiger partial charge in [0, 0.05) is 34.1 Å². The average Bonchev–Trinajstić information content (AvgIpc) is 2.26. The van der Waals surface area contributed by atoms with Crippen molar-refractivity contribution in [1.29, 1.82) is 0 Å². The van der Waals surface area contributed by atoms with Crippen molar-refractivity contribution in [2.45, 2.75) is 12.2 Å². The molecular weight excluding hydrogens is 220 g/mol. The van der Waals surface area contributed by atoms with Crippen LogP contribution in [0, 0.1) is 0 Å². The maximum Gasteiger partial charge on any atom is 0.365 e. The van der Waals surface area contributed by atoms with Crippen LogP contribution in [0.25, 0.3) is 0 Å². The van der Waals surface area contributed by atoms with Gasteiger partial charge in [-0.3, -0.25) is 0 Å². The second-order valence-electron chi connectivity index (χ2n) is 3.20. The van der Waals surface area contributed by atoms with Gasteiger partial charge in [0.05, 0.1) is 6.23 Å². The van der Waals surface area contributed by atoms with E-state index >= 15 is 0 Å². The van der Waals surface area contributed by atoms with E-state index in [9.17, 15) is 5.11 Å². The van der Waals surface area contributed by atoms with Crippen molar-refractivity contribution in [3.63, 3.8) is 0 Å². The first-order valence-corrected chi connectivity index (χ1v) is 9.08. The Morgan fingerprint density at radius 1 is 0.929 bits per heavy atom. The Balaban J connectivity index is 4.56. The van der Waals surface area contributed by atoms with E-state index in [2.05, 4.69) is 0 Å². The van der Waals surface area contributed by atoms with Gasteiger partial charge < -0.3 is 22.8 Å². The summed E-state index contributed by atoms with van der Waals surface area (Å²) in [4.78, 5) is 0. The third-order valence-electron chi connectivity index (χ3n) is 2.44. The van der Waals surface area contributed by atoms with Crippen LogP contribution in [-0.4, -0.2) is 56.9 Å². The van der Waals surface area contributed by atoms with Crippen LogP contribution in [0.2, 0.25) is 12.2 Å². The van der Waals surface area contributed by atoms with Crippen LogP contribution in [-0.2, 0) is 17.7 Å². The SMILES string of the molecule is CO[Si](C)(C[Si](CO)(OC)OC)OC. The van der Waals surface area contributed by atoms with E-state index in [-0.39, 0.29) is 6.23 Å². The molecule has 0 atom stereocenters. The number of aliphatic hydroxyl groups excluding tert-OH is 1. The van der Waals surface area contributed by atoms with E-state index in [4.69, 9.17) is 17.7 Å². The molecule has 14 heavy (non-hydrogen) atoms. The Morgan fingerprint density at radius 3 is 1.57 bits per heavy atom. The summed E-state index contributed by atoms with van der Waals surface area (Å²) in [5.74, 6) is 0. The average molecular weight is 240 g/mol. The zero-order chi connectivity index (χ0) is 11.2. The lowest BCUT2D eigenvalue weighted by molar-refractivity contribution is 0.190. The minimum atomic E-state index is -2.53. The second kappa shape index (κ2) is 5.96. The monoisotopic (exact) mass is 240 g/mol. The van der Waals surface area contributed by atoms with Gasteiger partial charge in [-0.2, -0.15) is 0 Å². The van der Waals surface area contributed by atoms with Gasteiger partial charge in [-0.05, 0) is 6.55 Å². The molecule has 0 aromatic rings. The fraction of sp³-hybridized carbons (Fsp3) is 1.00. The van der Waals surface area contributed by atoms with Gasteiger partial charge in [-0.1, -0.05) is 0 Å². The van der Waals surface area contributed by atoms with Crippen molar-refractivity contribution in [3.8, 4) is 0 Å². The maximum absolute atomic E-state index is 9.25. The quantitative estimate of drug-likeness (QED) is 0.642. The van der Waals surface area contributed by atoms with Gasteiger partial charge >= 0.3 is 17.1 Å². The van der Waals surface area contributed by atoms with Gasteiger partial charge in [0.2, 0.25) is 0 Å². The van der Waals surface area contributed by atoms with Crippen molar-refractivity contribution in [3.05, 3.63) is 0 Å². The van der Waals surface area contributed by atoms with Crippen molar-refractivity contribution in [1.82, 2.24) is 0 Å². The van der Waals surface area contributed by atoms with E-state index in [1.54, 1.807) is 28.4 Å². The highest BCUT2D eigenvalue weighted by atomic mass is 28.4. The molecule has 0 heterocycles. The summed E-state index contributed by atoms with van der Waals surface area (Å²) < 4.78 is 21.2. The summed E-state index contributed by atoms with van der Waals surface area (Å²) in [6.45, 7) is 1.92. The Hall–Kier alpha value is 0.234. The molecule has 0 radical (unpaired) electrons. The Bertz CT molecular complexity index is 150. The number of aliphatic hydroxyl groups is 1. The largest absolute Gasteiger partial charge is 0.398 e. The Morgan fingerprint density at radius 2 is 1.36 bits per heavy atom. The topological polar surface area (TPSA) is 57.2 Å². The van der Waals surface area contributed by atoms with Crippen LogP contribution in [0.3, 0.4) is 0 Å². The standard InChI is InChI=1S/C7H20O5Si2/c1-9-13(5,10-2)7-14(6-8,11-3)12-4/h8H,6-7H2,1-5H3. The molecule has 0 aliphatic carbocycles. The summed E-state index contributed by atoms with van der Waals surface area (Å²) in [5, 5.41) is 9.25. The molecule has 0 aliphatic heterocycles. The molecule has 0 fully saturated rings. The number of rotatable bonds is 7. The van der Waals surface area contributed by atoms with Gasteiger partial charge in [0.25, 0.3) is 0 Å². The van der Waals surface area contributed by atoms with Crippen LogP contribution in [0.1, 0.15) is 0 Å². The number of hydrogen-bond acceptors (Lipinski definition) is 5. The molecule has 0 spiro atoms. The van der Waals surface area contributed by atoms with Crippen LogP contribution in [0.5, 0.6) is 0 Å². The summed E-state index contributed by atoms with van der Waals surface area (Å²) >= 11 is 0. The highest BCUT2D eigenvalue weighted by molar-refractivity contribution is 6.85. The summed E-state index contributed by atoms with van der Waals surface area (Å²) in [7, 11) is 1.54. The zero-order valence-electron chi connectivity index (χ0n) is 9.49. The van der Waals surface area contributed by atoms with Gasteiger partial charge in [0.15, 0.2) is 0 Å². The molecule has 0 aromatic heterocycles.